The maximum atomic E-state index is 5.94. The van der Waals surface area contributed by atoms with Gasteiger partial charge in [0.05, 0.1) is 31.1 Å². The zero-order chi connectivity index (χ0) is 18.1. The molecule has 4 rings (SSSR count). The lowest BCUT2D eigenvalue weighted by molar-refractivity contribution is -0.931. The van der Waals surface area contributed by atoms with Crippen LogP contribution >= 0.6 is 11.3 Å². The van der Waals surface area contributed by atoms with Gasteiger partial charge in [0.15, 0.2) is 6.04 Å². The number of aryl methyl sites for hydroxylation is 1. The molecule has 1 saturated heterocycles. The third kappa shape index (κ3) is 3.27. The Bertz CT molecular complexity index is 866. The average molecular weight is 370 g/mol. The number of quaternary nitrogens is 1. The fourth-order valence-electron chi connectivity index (χ4n) is 3.63. The van der Waals surface area contributed by atoms with Crippen molar-refractivity contribution in [1.29, 1.82) is 0 Å². The van der Waals surface area contributed by atoms with Gasteiger partial charge in [-0.15, -0.1) is 21.5 Å². The molecule has 1 N–H and O–H groups in total. The third-order valence-corrected chi connectivity index (χ3v) is 6.34. The summed E-state index contributed by atoms with van der Waals surface area (Å²) in [6.45, 7) is 10.8. The topological polar surface area (TPSA) is 46.6 Å². The second-order valence-electron chi connectivity index (χ2n) is 7.01. The van der Waals surface area contributed by atoms with E-state index in [2.05, 4.69) is 54.1 Å². The largest absolute Gasteiger partial charge is 0.414 e. The van der Waals surface area contributed by atoms with Gasteiger partial charge < -0.3 is 14.2 Å². The Hall–Kier alpha value is -2.18. The van der Waals surface area contributed by atoms with E-state index < -0.39 is 0 Å². The van der Waals surface area contributed by atoms with Crippen molar-refractivity contribution in [3.8, 4) is 10.8 Å². The fraction of sp³-hybridized carbons (Fsp3) is 0.400. The summed E-state index contributed by atoms with van der Waals surface area (Å²) in [6.07, 6.45) is 0. The molecule has 1 aliphatic heterocycles. The first-order valence-corrected chi connectivity index (χ1v) is 10.0. The maximum Gasteiger partial charge on any atom is 0.274 e. The molecule has 2 aromatic heterocycles. The number of nitrogens with one attached hydrogen (secondary N) is 1. The summed E-state index contributed by atoms with van der Waals surface area (Å²) in [4.78, 5) is 5.04. The molecule has 0 bridgehead atoms. The normalized spacial score (nSPS) is 16.8. The van der Waals surface area contributed by atoms with Gasteiger partial charge in [0.25, 0.3) is 11.8 Å². The number of hydrogen-bond donors (Lipinski definition) is 1. The first-order chi connectivity index (χ1) is 12.6. The summed E-state index contributed by atoms with van der Waals surface area (Å²) in [6, 6.07) is 10.8. The molecule has 5 nitrogen and oxygen atoms in total. The molecule has 0 radical (unpaired) electrons. The minimum atomic E-state index is 0.219. The van der Waals surface area contributed by atoms with Gasteiger partial charge >= 0.3 is 0 Å². The van der Waals surface area contributed by atoms with Crippen LogP contribution in [-0.2, 0) is 0 Å². The van der Waals surface area contributed by atoms with Gasteiger partial charge in [-0.25, -0.2) is 0 Å². The minimum absolute atomic E-state index is 0.219. The molecule has 1 fully saturated rings. The molecule has 0 unspecified atom stereocenters. The zero-order valence-electron chi connectivity index (χ0n) is 15.5. The summed E-state index contributed by atoms with van der Waals surface area (Å²) in [5.74, 6) is 1.37. The molecule has 1 aromatic carbocycles. The maximum absolute atomic E-state index is 5.94. The SMILES string of the molecule is Cc1cccc(N2CC[NH+]([C@@H](C)c3nnc(-c4cccs4)o3)CC2)c1C. The molecular formula is C20H25N4OS+. The number of thiophene rings is 1. The summed E-state index contributed by atoms with van der Waals surface area (Å²) >= 11 is 1.63. The molecule has 136 valence electrons. The number of rotatable bonds is 4. The highest BCUT2D eigenvalue weighted by Crippen LogP contribution is 2.25. The predicted octanol–water partition coefficient (Wildman–Crippen LogP) is 2.88. The monoisotopic (exact) mass is 369 g/mol. The summed E-state index contributed by atoms with van der Waals surface area (Å²) < 4.78 is 5.94. The van der Waals surface area contributed by atoms with E-state index in [1.54, 1.807) is 11.3 Å². The average Bonchev–Trinajstić information content (AvgIpc) is 3.35. The van der Waals surface area contributed by atoms with Crippen LogP contribution in [-0.4, -0.2) is 36.4 Å². The van der Waals surface area contributed by atoms with E-state index in [1.807, 2.05) is 17.5 Å². The smallest absolute Gasteiger partial charge is 0.274 e. The number of aromatic nitrogens is 2. The van der Waals surface area contributed by atoms with Crippen molar-refractivity contribution in [3.05, 3.63) is 52.7 Å². The van der Waals surface area contributed by atoms with Gasteiger partial charge in [-0.3, -0.25) is 0 Å². The third-order valence-electron chi connectivity index (χ3n) is 5.48. The number of piperazine rings is 1. The van der Waals surface area contributed by atoms with E-state index in [9.17, 15) is 0 Å². The van der Waals surface area contributed by atoms with E-state index in [4.69, 9.17) is 4.42 Å². The van der Waals surface area contributed by atoms with Crippen LogP contribution in [0.5, 0.6) is 0 Å². The van der Waals surface area contributed by atoms with E-state index in [0.717, 1.165) is 36.9 Å². The molecule has 1 atom stereocenters. The van der Waals surface area contributed by atoms with Crippen molar-refractivity contribution < 1.29 is 9.32 Å². The second kappa shape index (κ2) is 7.21. The fourth-order valence-corrected chi connectivity index (χ4v) is 4.27. The van der Waals surface area contributed by atoms with Crippen molar-refractivity contribution in [1.82, 2.24) is 10.2 Å². The van der Waals surface area contributed by atoms with Gasteiger partial charge in [0.2, 0.25) is 0 Å². The van der Waals surface area contributed by atoms with Crippen molar-refractivity contribution in [2.75, 3.05) is 31.1 Å². The molecular weight excluding hydrogens is 344 g/mol. The lowest BCUT2D eigenvalue weighted by Gasteiger charge is -2.36. The van der Waals surface area contributed by atoms with Crippen molar-refractivity contribution >= 4 is 17.0 Å². The van der Waals surface area contributed by atoms with Crippen molar-refractivity contribution in [3.63, 3.8) is 0 Å². The molecule has 0 spiro atoms. The van der Waals surface area contributed by atoms with Gasteiger partial charge in [-0.2, -0.15) is 0 Å². The lowest BCUT2D eigenvalue weighted by atomic mass is 10.1. The van der Waals surface area contributed by atoms with Crippen LogP contribution in [0.25, 0.3) is 10.8 Å². The van der Waals surface area contributed by atoms with Crippen LogP contribution in [0.2, 0.25) is 0 Å². The summed E-state index contributed by atoms with van der Waals surface area (Å²) in [5.41, 5.74) is 4.12. The lowest BCUT2D eigenvalue weighted by Crippen LogP contribution is -3.14. The highest BCUT2D eigenvalue weighted by molar-refractivity contribution is 7.13. The number of hydrogen-bond acceptors (Lipinski definition) is 5. The predicted molar refractivity (Wildman–Crippen MR) is 105 cm³/mol. The van der Waals surface area contributed by atoms with Crippen molar-refractivity contribution in [2.24, 2.45) is 0 Å². The highest BCUT2D eigenvalue weighted by Gasteiger charge is 2.29. The molecule has 0 aliphatic carbocycles. The van der Waals surface area contributed by atoms with Gasteiger partial charge in [0, 0.05) is 5.69 Å². The number of benzene rings is 1. The molecule has 26 heavy (non-hydrogen) atoms. The first kappa shape index (κ1) is 17.2. The van der Waals surface area contributed by atoms with Crippen LogP contribution in [0.15, 0.2) is 40.1 Å². The Balaban J connectivity index is 1.42. The highest BCUT2D eigenvalue weighted by atomic mass is 32.1. The Morgan fingerprint density at radius 1 is 1.12 bits per heavy atom. The quantitative estimate of drug-likeness (QED) is 0.768. The van der Waals surface area contributed by atoms with Crippen LogP contribution in [0.3, 0.4) is 0 Å². The van der Waals surface area contributed by atoms with Gasteiger partial charge in [0.1, 0.15) is 0 Å². The molecule has 3 heterocycles. The summed E-state index contributed by atoms with van der Waals surface area (Å²) in [5, 5.41) is 10.6. The Morgan fingerprint density at radius 3 is 2.65 bits per heavy atom. The standard InChI is InChI=1S/C20H24N4OS/c1-14-6-4-7-17(15(14)2)24-11-9-23(10-12-24)16(3)19-21-22-20(25-19)18-8-5-13-26-18/h4-8,13,16H,9-12H2,1-3H3/p+1/t16-/m0/s1. The van der Waals surface area contributed by atoms with Crippen LogP contribution in [0.4, 0.5) is 5.69 Å². The number of anilines is 1. The van der Waals surface area contributed by atoms with E-state index >= 15 is 0 Å². The Morgan fingerprint density at radius 2 is 1.92 bits per heavy atom. The van der Waals surface area contributed by atoms with Crippen LogP contribution in [0, 0.1) is 13.8 Å². The summed E-state index contributed by atoms with van der Waals surface area (Å²) in [7, 11) is 0. The first-order valence-electron chi connectivity index (χ1n) is 9.16. The molecule has 0 amide bonds. The Labute approximate surface area is 158 Å². The molecule has 1 aliphatic rings. The van der Waals surface area contributed by atoms with Crippen LogP contribution < -0.4 is 9.80 Å². The van der Waals surface area contributed by atoms with E-state index in [1.165, 1.54) is 21.7 Å². The van der Waals surface area contributed by atoms with E-state index in [-0.39, 0.29) is 6.04 Å². The molecule has 6 heteroatoms. The van der Waals surface area contributed by atoms with Crippen LogP contribution in [0.1, 0.15) is 30.0 Å². The van der Waals surface area contributed by atoms with E-state index in [0.29, 0.717) is 5.89 Å². The van der Waals surface area contributed by atoms with Crippen molar-refractivity contribution in [2.45, 2.75) is 26.8 Å². The zero-order valence-corrected chi connectivity index (χ0v) is 16.3. The Kier molecular flexibility index (Phi) is 4.78. The number of nitrogens with zero attached hydrogens (tertiary/aromatic N) is 3. The molecule has 3 aromatic rings. The van der Waals surface area contributed by atoms with Gasteiger partial charge in [-0.1, -0.05) is 18.2 Å². The second-order valence-corrected chi connectivity index (χ2v) is 7.96. The van der Waals surface area contributed by atoms with Gasteiger partial charge in [-0.05, 0) is 49.4 Å². The molecule has 0 saturated carbocycles. The minimum Gasteiger partial charge on any atom is -0.414 e.